The maximum absolute atomic E-state index is 5.97. The van der Waals surface area contributed by atoms with Crippen LogP contribution in [0.2, 0.25) is 0 Å². The quantitative estimate of drug-likeness (QED) is 0.310. The Balaban J connectivity index is 2.14. The SMILES string of the molecule is NCCCCCC(N)NCc1ccc(N)cc1. The van der Waals surface area contributed by atoms with Crippen molar-refractivity contribution in [3.05, 3.63) is 29.8 Å². The number of anilines is 1. The molecule has 0 amide bonds. The van der Waals surface area contributed by atoms with E-state index in [9.17, 15) is 0 Å². The highest BCUT2D eigenvalue weighted by Crippen LogP contribution is 2.06. The van der Waals surface area contributed by atoms with E-state index in [2.05, 4.69) is 5.32 Å². The Bertz CT molecular complexity index is 297. The van der Waals surface area contributed by atoms with Crippen LogP contribution in [-0.4, -0.2) is 12.7 Å². The largest absolute Gasteiger partial charge is 0.399 e. The van der Waals surface area contributed by atoms with Crippen LogP contribution >= 0.6 is 0 Å². The molecule has 96 valence electrons. The topological polar surface area (TPSA) is 90.1 Å². The van der Waals surface area contributed by atoms with Crippen LogP contribution in [0.25, 0.3) is 0 Å². The first-order valence-electron chi connectivity index (χ1n) is 6.26. The van der Waals surface area contributed by atoms with Gasteiger partial charge < -0.3 is 17.2 Å². The Kier molecular flexibility index (Phi) is 6.62. The summed E-state index contributed by atoms with van der Waals surface area (Å²) in [5, 5.41) is 3.30. The van der Waals surface area contributed by atoms with Gasteiger partial charge in [0.05, 0.1) is 6.17 Å². The molecule has 0 fully saturated rings. The summed E-state index contributed by atoms with van der Waals surface area (Å²) in [6.07, 6.45) is 4.44. The van der Waals surface area contributed by atoms with Crippen LogP contribution in [0.4, 0.5) is 5.69 Å². The molecular formula is C13H24N4. The minimum absolute atomic E-state index is 0.0605. The second kappa shape index (κ2) is 8.06. The monoisotopic (exact) mass is 236 g/mol. The molecule has 0 spiro atoms. The van der Waals surface area contributed by atoms with Gasteiger partial charge in [-0.15, -0.1) is 0 Å². The maximum Gasteiger partial charge on any atom is 0.0548 e. The van der Waals surface area contributed by atoms with E-state index in [1.807, 2.05) is 24.3 Å². The van der Waals surface area contributed by atoms with Gasteiger partial charge >= 0.3 is 0 Å². The summed E-state index contributed by atoms with van der Waals surface area (Å²) < 4.78 is 0. The standard InChI is InChI=1S/C13H24N4/c14-9-3-1-2-4-13(16)17-10-11-5-7-12(15)8-6-11/h5-8,13,17H,1-4,9-10,14-16H2. The summed E-state index contributed by atoms with van der Waals surface area (Å²) in [7, 11) is 0. The van der Waals surface area contributed by atoms with Crippen molar-refractivity contribution in [3.63, 3.8) is 0 Å². The van der Waals surface area contributed by atoms with E-state index in [4.69, 9.17) is 17.2 Å². The lowest BCUT2D eigenvalue weighted by atomic mass is 10.1. The van der Waals surface area contributed by atoms with Crippen LogP contribution in [0.1, 0.15) is 31.2 Å². The van der Waals surface area contributed by atoms with Crippen LogP contribution in [0.5, 0.6) is 0 Å². The van der Waals surface area contributed by atoms with E-state index >= 15 is 0 Å². The predicted molar refractivity (Wildman–Crippen MR) is 73.2 cm³/mol. The van der Waals surface area contributed by atoms with Gasteiger partial charge in [-0.25, -0.2) is 0 Å². The molecule has 1 aromatic carbocycles. The zero-order chi connectivity index (χ0) is 12.5. The summed E-state index contributed by atoms with van der Waals surface area (Å²) in [4.78, 5) is 0. The zero-order valence-corrected chi connectivity index (χ0v) is 10.4. The molecule has 1 atom stereocenters. The van der Waals surface area contributed by atoms with Gasteiger partial charge in [0, 0.05) is 12.2 Å². The number of nitrogens with one attached hydrogen (secondary N) is 1. The van der Waals surface area contributed by atoms with Gasteiger partial charge in [0.25, 0.3) is 0 Å². The molecule has 4 heteroatoms. The lowest BCUT2D eigenvalue weighted by Crippen LogP contribution is -2.36. The second-order valence-electron chi connectivity index (χ2n) is 4.37. The minimum atomic E-state index is 0.0605. The molecule has 0 radical (unpaired) electrons. The Morgan fingerprint density at radius 3 is 2.41 bits per heavy atom. The molecule has 17 heavy (non-hydrogen) atoms. The summed E-state index contributed by atoms with van der Waals surface area (Å²) >= 11 is 0. The molecule has 4 nitrogen and oxygen atoms in total. The van der Waals surface area contributed by atoms with Gasteiger partial charge in [-0.3, -0.25) is 5.32 Å². The van der Waals surface area contributed by atoms with Crippen molar-refractivity contribution in [2.45, 2.75) is 38.4 Å². The number of rotatable bonds is 8. The highest BCUT2D eigenvalue weighted by molar-refractivity contribution is 5.39. The van der Waals surface area contributed by atoms with Crippen molar-refractivity contribution in [1.82, 2.24) is 5.32 Å². The lowest BCUT2D eigenvalue weighted by Gasteiger charge is -2.13. The molecule has 0 saturated carbocycles. The highest BCUT2D eigenvalue weighted by atomic mass is 15.0. The number of unbranched alkanes of at least 4 members (excludes halogenated alkanes) is 2. The normalized spacial score (nSPS) is 12.6. The third-order valence-corrected chi connectivity index (χ3v) is 2.77. The molecule has 0 aliphatic heterocycles. The molecule has 1 unspecified atom stereocenters. The van der Waals surface area contributed by atoms with E-state index in [1.165, 1.54) is 5.56 Å². The Hall–Kier alpha value is -1.10. The highest BCUT2D eigenvalue weighted by Gasteiger charge is 2.01. The van der Waals surface area contributed by atoms with Gasteiger partial charge in [-0.2, -0.15) is 0 Å². The van der Waals surface area contributed by atoms with Gasteiger partial charge in [0.15, 0.2) is 0 Å². The Morgan fingerprint density at radius 2 is 1.76 bits per heavy atom. The van der Waals surface area contributed by atoms with Gasteiger partial charge in [-0.05, 0) is 37.1 Å². The minimum Gasteiger partial charge on any atom is -0.399 e. The average Bonchev–Trinajstić information content (AvgIpc) is 2.34. The van der Waals surface area contributed by atoms with Crippen LogP contribution in [0.3, 0.4) is 0 Å². The predicted octanol–water partition coefficient (Wildman–Crippen LogP) is 1.16. The van der Waals surface area contributed by atoms with E-state index < -0.39 is 0 Å². The van der Waals surface area contributed by atoms with E-state index in [-0.39, 0.29) is 6.17 Å². The molecule has 7 N–H and O–H groups in total. The second-order valence-corrected chi connectivity index (χ2v) is 4.37. The first-order chi connectivity index (χ1) is 8.22. The molecule has 1 rings (SSSR count). The zero-order valence-electron chi connectivity index (χ0n) is 10.4. The lowest BCUT2D eigenvalue weighted by molar-refractivity contribution is 0.468. The molecule has 0 bridgehead atoms. The van der Waals surface area contributed by atoms with Crippen molar-refractivity contribution in [3.8, 4) is 0 Å². The number of nitrogens with two attached hydrogens (primary N) is 3. The van der Waals surface area contributed by atoms with E-state index in [0.29, 0.717) is 0 Å². The third kappa shape index (κ3) is 6.26. The number of nitrogen functional groups attached to an aromatic ring is 1. The molecule has 0 aliphatic carbocycles. The molecular weight excluding hydrogens is 212 g/mol. The van der Waals surface area contributed by atoms with Crippen LogP contribution in [0, 0.1) is 0 Å². The van der Waals surface area contributed by atoms with Gasteiger partial charge in [0.1, 0.15) is 0 Å². The van der Waals surface area contributed by atoms with Gasteiger partial charge in [0.2, 0.25) is 0 Å². The van der Waals surface area contributed by atoms with Crippen molar-refractivity contribution in [2.24, 2.45) is 11.5 Å². The third-order valence-electron chi connectivity index (χ3n) is 2.77. The molecule has 0 aliphatic rings. The summed E-state index contributed by atoms with van der Waals surface area (Å²) in [6.45, 7) is 1.56. The maximum atomic E-state index is 5.97. The molecule has 0 aromatic heterocycles. The number of benzene rings is 1. The van der Waals surface area contributed by atoms with Crippen LogP contribution in [0.15, 0.2) is 24.3 Å². The van der Waals surface area contributed by atoms with Crippen molar-refractivity contribution >= 4 is 5.69 Å². The number of hydrogen-bond donors (Lipinski definition) is 4. The van der Waals surface area contributed by atoms with Crippen molar-refractivity contribution in [1.29, 1.82) is 0 Å². The average molecular weight is 236 g/mol. The number of hydrogen-bond acceptors (Lipinski definition) is 4. The van der Waals surface area contributed by atoms with Crippen molar-refractivity contribution in [2.75, 3.05) is 12.3 Å². The summed E-state index contributed by atoms with van der Waals surface area (Å²) in [5.74, 6) is 0. The smallest absolute Gasteiger partial charge is 0.0548 e. The molecule has 0 heterocycles. The van der Waals surface area contributed by atoms with Crippen LogP contribution in [-0.2, 0) is 6.54 Å². The van der Waals surface area contributed by atoms with E-state index in [0.717, 1.165) is 44.5 Å². The first kappa shape index (κ1) is 14.0. The summed E-state index contributed by atoms with van der Waals surface area (Å²) in [5.41, 5.74) is 19.0. The fraction of sp³-hybridized carbons (Fsp3) is 0.538. The van der Waals surface area contributed by atoms with Gasteiger partial charge in [-0.1, -0.05) is 25.0 Å². The Labute approximate surface area is 104 Å². The fourth-order valence-corrected chi connectivity index (χ4v) is 1.67. The Morgan fingerprint density at radius 1 is 1.06 bits per heavy atom. The fourth-order valence-electron chi connectivity index (χ4n) is 1.67. The molecule has 1 aromatic rings. The first-order valence-corrected chi connectivity index (χ1v) is 6.26. The molecule has 0 saturated heterocycles. The van der Waals surface area contributed by atoms with Crippen molar-refractivity contribution < 1.29 is 0 Å². The van der Waals surface area contributed by atoms with E-state index in [1.54, 1.807) is 0 Å². The summed E-state index contributed by atoms with van der Waals surface area (Å²) in [6, 6.07) is 7.85. The van der Waals surface area contributed by atoms with Crippen LogP contribution < -0.4 is 22.5 Å².